The number of carbonyl (C=O) groups excluding carboxylic acids is 2. The molecule has 0 unspecified atom stereocenters. The Balaban J connectivity index is 4.27. The van der Waals surface area contributed by atoms with E-state index in [0.717, 1.165) is 0 Å². The number of nitrogens with one attached hydrogen (secondary N) is 1. The van der Waals surface area contributed by atoms with Gasteiger partial charge in [-0.2, -0.15) is 0 Å². The third kappa shape index (κ3) is 5.24. The van der Waals surface area contributed by atoms with E-state index in [1.807, 2.05) is 13.8 Å². The molecule has 0 saturated carbocycles. The highest BCUT2D eigenvalue weighted by molar-refractivity contribution is 5.81. The number of hydrogen-bond donors (Lipinski definition) is 1. The average Bonchev–Trinajstić information content (AvgIpc) is 2.14. The summed E-state index contributed by atoms with van der Waals surface area (Å²) in [5.74, 6) is -0.464. The van der Waals surface area contributed by atoms with E-state index in [-0.39, 0.29) is 12.5 Å². The first-order valence-electron chi connectivity index (χ1n) is 5.12. The number of alkyl carbamates (subject to hydrolysis) is 1. The molecule has 0 bridgehead atoms. The second kappa shape index (κ2) is 7.09. The van der Waals surface area contributed by atoms with Gasteiger partial charge >= 0.3 is 12.1 Å². The van der Waals surface area contributed by atoms with Gasteiger partial charge in [-0.05, 0) is 19.8 Å². The second-order valence-corrected chi connectivity index (χ2v) is 3.34. The minimum Gasteiger partial charge on any atom is -0.464 e. The molecule has 0 aromatic heterocycles. The van der Waals surface area contributed by atoms with Gasteiger partial charge in [0.15, 0.2) is 0 Å². The maximum Gasteiger partial charge on any atom is 0.407 e. The van der Waals surface area contributed by atoms with Crippen LogP contribution in [0.1, 0.15) is 27.7 Å². The first-order chi connectivity index (χ1) is 7.02. The van der Waals surface area contributed by atoms with Crippen LogP contribution in [0.3, 0.4) is 0 Å². The molecular formula is C10H19NO4. The molecule has 15 heavy (non-hydrogen) atoms. The molecule has 5 nitrogen and oxygen atoms in total. The van der Waals surface area contributed by atoms with Crippen LogP contribution in [0, 0.1) is 5.92 Å². The Kier molecular flexibility index (Phi) is 6.49. The Hall–Kier alpha value is -1.26. The number of amides is 1. The van der Waals surface area contributed by atoms with Crippen molar-refractivity contribution in [2.75, 3.05) is 13.2 Å². The molecule has 0 aliphatic rings. The number of rotatable bonds is 5. The van der Waals surface area contributed by atoms with E-state index in [1.165, 1.54) is 0 Å². The molecule has 0 aromatic rings. The normalized spacial score (nSPS) is 12.1. The fraction of sp³-hybridized carbons (Fsp3) is 0.800. The van der Waals surface area contributed by atoms with E-state index in [0.29, 0.717) is 6.61 Å². The Morgan fingerprint density at radius 3 is 2.07 bits per heavy atom. The van der Waals surface area contributed by atoms with Crippen LogP contribution in [0.5, 0.6) is 0 Å². The summed E-state index contributed by atoms with van der Waals surface area (Å²) in [5, 5.41) is 2.47. The second-order valence-electron chi connectivity index (χ2n) is 3.34. The fourth-order valence-corrected chi connectivity index (χ4v) is 1.03. The van der Waals surface area contributed by atoms with E-state index < -0.39 is 18.1 Å². The molecular weight excluding hydrogens is 198 g/mol. The summed E-state index contributed by atoms with van der Waals surface area (Å²) in [5.41, 5.74) is 0. The van der Waals surface area contributed by atoms with Crippen LogP contribution in [0.15, 0.2) is 0 Å². The summed E-state index contributed by atoms with van der Waals surface area (Å²) in [6.45, 7) is 7.65. The quantitative estimate of drug-likeness (QED) is 0.705. The number of esters is 1. The van der Waals surface area contributed by atoms with Crippen molar-refractivity contribution in [3.63, 3.8) is 0 Å². The Labute approximate surface area is 90.1 Å². The van der Waals surface area contributed by atoms with Crippen LogP contribution in [0.2, 0.25) is 0 Å². The van der Waals surface area contributed by atoms with Crippen molar-refractivity contribution in [1.29, 1.82) is 0 Å². The van der Waals surface area contributed by atoms with Gasteiger partial charge in [0.05, 0.1) is 13.2 Å². The van der Waals surface area contributed by atoms with E-state index in [4.69, 9.17) is 9.47 Å². The van der Waals surface area contributed by atoms with Gasteiger partial charge in [-0.15, -0.1) is 0 Å². The van der Waals surface area contributed by atoms with Gasteiger partial charge in [-0.1, -0.05) is 13.8 Å². The van der Waals surface area contributed by atoms with Crippen LogP contribution < -0.4 is 5.32 Å². The zero-order valence-electron chi connectivity index (χ0n) is 9.70. The molecule has 1 atom stereocenters. The van der Waals surface area contributed by atoms with E-state index in [2.05, 4.69) is 5.32 Å². The van der Waals surface area contributed by atoms with Crippen LogP contribution in [0.4, 0.5) is 4.79 Å². The lowest BCUT2D eigenvalue weighted by Gasteiger charge is -2.19. The van der Waals surface area contributed by atoms with Crippen molar-refractivity contribution in [2.45, 2.75) is 33.7 Å². The lowest BCUT2D eigenvalue weighted by atomic mass is 10.1. The summed E-state index contributed by atoms with van der Waals surface area (Å²) >= 11 is 0. The van der Waals surface area contributed by atoms with Crippen LogP contribution in [-0.4, -0.2) is 31.3 Å². The minimum absolute atomic E-state index is 0.0338. The molecule has 5 heteroatoms. The molecule has 0 saturated heterocycles. The first kappa shape index (κ1) is 13.7. The van der Waals surface area contributed by atoms with Gasteiger partial charge in [0, 0.05) is 0 Å². The predicted octanol–water partition coefficient (Wildman–Crippen LogP) is 1.32. The lowest BCUT2D eigenvalue weighted by molar-refractivity contribution is -0.146. The lowest BCUT2D eigenvalue weighted by Crippen LogP contribution is -2.45. The zero-order valence-corrected chi connectivity index (χ0v) is 9.70. The Morgan fingerprint density at radius 1 is 1.13 bits per heavy atom. The summed E-state index contributed by atoms with van der Waals surface area (Å²) in [6.07, 6.45) is -0.593. The topological polar surface area (TPSA) is 64.6 Å². The third-order valence-electron chi connectivity index (χ3n) is 1.76. The van der Waals surface area contributed by atoms with Crippen molar-refractivity contribution < 1.29 is 19.1 Å². The molecule has 0 aliphatic carbocycles. The summed E-state index contributed by atoms with van der Waals surface area (Å²) in [7, 11) is 0. The van der Waals surface area contributed by atoms with E-state index in [9.17, 15) is 9.59 Å². The van der Waals surface area contributed by atoms with Crippen LogP contribution in [0.25, 0.3) is 0 Å². The monoisotopic (exact) mass is 217 g/mol. The van der Waals surface area contributed by atoms with Gasteiger partial charge in [0.25, 0.3) is 0 Å². The number of ether oxygens (including phenoxy) is 2. The Bertz CT molecular complexity index is 215. The van der Waals surface area contributed by atoms with Crippen LogP contribution in [-0.2, 0) is 14.3 Å². The van der Waals surface area contributed by atoms with Gasteiger partial charge < -0.3 is 14.8 Å². The highest BCUT2D eigenvalue weighted by atomic mass is 16.6. The molecule has 0 radical (unpaired) electrons. The molecule has 0 heterocycles. The summed E-state index contributed by atoms with van der Waals surface area (Å²) in [4.78, 5) is 22.6. The van der Waals surface area contributed by atoms with Gasteiger partial charge in [0.1, 0.15) is 6.04 Å². The maximum atomic E-state index is 11.4. The molecule has 0 spiro atoms. The number of hydrogen-bond acceptors (Lipinski definition) is 4. The molecule has 0 fully saturated rings. The third-order valence-corrected chi connectivity index (χ3v) is 1.76. The molecule has 1 amide bonds. The van der Waals surface area contributed by atoms with Gasteiger partial charge in [0.2, 0.25) is 0 Å². The SMILES string of the molecule is CCOC(=O)N[C@H](C(=O)OCC)C(C)C. The zero-order chi connectivity index (χ0) is 11.8. The van der Waals surface area contributed by atoms with Crippen molar-refractivity contribution in [3.8, 4) is 0 Å². The highest BCUT2D eigenvalue weighted by Gasteiger charge is 2.25. The van der Waals surface area contributed by atoms with Crippen molar-refractivity contribution in [3.05, 3.63) is 0 Å². The molecule has 1 N–H and O–H groups in total. The average molecular weight is 217 g/mol. The van der Waals surface area contributed by atoms with Gasteiger partial charge in [-0.3, -0.25) is 0 Å². The molecule has 0 rings (SSSR count). The predicted molar refractivity (Wildman–Crippen MR) is 55.4 cm³/mol. The highest BCUT2D eigenvalue weighted by Crippen LogP contribution is 2.04. The molecule has 0 aliphatic heterocycles. The first-order valence-corrected chi connectivity index (χ1v) is 5.12. The van der Waals surface area contributed by atoms with Gasteiger partial charge in [-0.25, -0.2) is 9.59 Å². The smallest absolute Gasteiger partial charge is 0.407 e. The summed E-state index contributed by atoms with van der Waals surface area (Å²) in [6, 6.07) is -0.649. The van der Waals surface area contributed by atoms with Crippen molar-refractivity contribution in [2.24, 2.45) is 5.92 Å². The minimum atomic E-state index is -0.649. The number of carbonyl (C=O) groups is 2. The van der Waals surface area contributed by atoms with Crippen molar-refractivity contribution in [1.82, 2.24) is 5.32 Å². The van der Waals surface area contributed by atoms with Crippen molar-refractivity contribution >= 4 is 12.1 Å². The standard InChI is InChI=1S/C10H19NO4/c1-5-14-9(12)8(7(3)4)11-10(13)15-6-2/h7-8H,5-6H2,1-4H3,(H,11,13)/t8-/m0/s1. The largest absolute Gasteiger partial charge is 0.464 e. The summed E-state index contributed by atoms with van der Waals surface area (Å²) < 4.78 is 9.53. The maximum absolute atomic E-state index is 11.4. The fourth-order valence-electron chi connectivity index (χ4n) is 1.03. The van der Waals surface area contributed by atoms with E-state index >= 15 is 0 Å². The molecule has 88 valence electrons. The van der Waals surface area contributed by atoms with Crippen LogP contribution >= 0.6 is 0 Å². The molecule has 0 aromatic carbocycles. The Morgan fingerprint density at radius 2 is 1.67 bits per heavy atom. The van der Waals surface area contributed by atoms with E-state index in [1.54, 1.807) is 13.8 Å².